The van der Waals surface area contributed by atoms with Crippen LogP contribution in [0.5, 0.6) is 5.75 Å². The summed E-state index contributed by atoms with van der Waals surface area (Å²) in [7, 11) is 0. The first-order chi connectivity index (χ1) is 12.7. The highest BCUT2D eigenvalue weighted by atomic mass is 16.5. The predicted molar refractivity (Wildman–Crippen MR) is 107 cm³/mol. The van der Waals surface area contributed by atoms with Crippen LogP contribution in [-0.4, -0.2) is 16.6 Å². The van der Waals surface area contributed by atoms with Crippen molar-refractivity contribution in [1.29, 1.82) is 0 Å². The van der Waals surface area contributed by atoms with Crippen molar-refractivity contribution in [3.63, 3.8) is 0 Å². The predicted octanol–water partition coefficient (Wildman–Crippen LogP) is 5.23. The minimum absolute atomic E-state index is 0.613. The Hall–Kier alpha value is -3.08. The molecule has 0 fully saturated rings. The number of rotatable bonds is 7. The Morgan fingerprint density at radius 3 is 2.15 bits per heavy atom. The molecule has 0 aliphatic carbocycles. The van der Waals surface area contributed by atoms with E-state index in [2.05, 4.69) is 39.7 Å². The van der Waals surface area contributed by atoms with Gasteiger partial charge >= 0.3 is 0 Å². The largest absolute Gasteiger partial charge is 0.492 e. The summed E-state index contributed by atoms with van der Waals surface area (Å²) >= 11 is 0. The molecule has 134 valence electrons. The van der Waals surface area contributed by atoms with Crippen molar-refractivity contribution in [3.8, 4) is 5.75 Å². The minimum Gasteiger partial charge on any atom is -0.492 e. The number of hydrogen-bond donors (Lipinski definition) is 2. The molecule has 3 aromatic rings. The van der Waals surface area contributed by atoms with Gasteiger partial charge in [-0.1, -0.05) is 37.3 Å². The van der Waals surface area contributed by atoms with Gasteiger partial charge in [-0.25, -0.2) is 9.97 Å². The van der Waals surface area contributed by atoms with Crippen molar-refractivity contribution in [2.75, 3.05) is 17.2 Å². The van der Waals surface area contributed by atoms with Crippen LogP contribution >= 0.6 is 0 Å². The van der Waals surface area contributed by atoms with Gasteiger partial charge in [0.1, 0.15) is 23.2 Å². The first-order valence-corrected chi connectivity index (χ1v) is 8.89. The van der Waals surface area contributed by atoms with Crippen molar-refractivity contribution in [2.24, 2.45) is 0 Å². The highest BCUT2D eigenvalue weighted by Crippen LogP contribution is 2.28. The molecule has 26 heavy (non-hydrogen) atoms. The van der Waals surface area contributed by atoms with Crippen molar-refractivity contribution in [1.82, 2.24) is 9.97 Å². The molecule has 0 radical (unpaired) electrons. The fourth-order valence-corrected chi connectivity index (χ4v) is 2.77. The third kappa shape index (κ3) is 4.30. The number of aromatic nitrogens is 2. The standard InChI is InChI=1S/C21H24N4O/c1-4-16-10-6-7-11-17(16)24-20-14-21(23-15(3)22-20)25-18-12-8-9-13-19(18)26-5-2/h6-14H,4-5H2,1-3H3,(H2,22,23,24,25). The highest BCUT2D eigenvalue weighted by Gasteiger charge is 2.08. The summed E-state index contributed by atoms with van der Waals surface area (Å²) < 4.78 is 5.67. The van der Waals surface area contributed by atoms with Crippen molar-refractivity contribution in [2.45, 2.75) is 27.2 Å². The average Bonchev–Trinajstić information content (AvgIpc) is 2.63. The molecule has 5 nitrogen and oxygen atoms in total. The Kier molecular flexibility index (Phi) is 5.69. The second-order valence-electron chi connectivity index (χ2n) is 5.88. The molecular weight excluding hydrogens is 324 g/mol. The van der Waals surface area contributed by atoms with Crippen molar-refractivity contribution < 1.29 is 4.74 Å². The fraction of sp³-hybridized carbons (Fsp3) is 0.238. The van der Waals surface area contributed by atoms with Gasteiger partial charge in [0, 0.05) is 11.8 Å². The maximum Gasteiger partial charge on any atom is 0.142 e. The normalized spacial score (nSPS) is 10.4. The highest BCUT2D eigenvalue weighted by molar-refractivity contribution is 5.68. The molecule has 0 aliphatic rings. The monoisotopic (exact) mass is 348 g/mol. The van der Waals surface area contributed by atoms with E-state index >= 15 is 0 Å². The van der Waals surface area contributed by atoms with E-state index in [1.807, 2.05) is 56.3 Å². The summed E-state index contributed by atoms with van der Waals surface area (Å²) in [5, 5.41) is 6.74. The van der Waals surface area contributed by atoms with Crippen LogP contribution in [0.2, 0.25) is 0 Å². The van der Waals surface area contributed by atoms with Crippen molar-refractivity contribution >= 4 is 23.0 Å². The quantitative estimate of drug-likeness (QED) is 0.612. The molecule has 2 N–H and O–H groups in total. The molecule has 1 aromatic heterocycles. The Morgan fingerprint density at radius 1 is 0.846 bits per heavy atom. The van der Waals surface area contributed by atoms with E-state index < -0.39 is 0 Å². The van der Waals surface area contributed by atoms with Gasteiger partial charge in [0.25, 0.3) is 0 Å². The molecule has 0 aliphatic heterocycles. The Morgan fingerprint density at radius 2 is 1.46 bits per heavy atom. The zero-order chi connectivity index (χ0) is 18.4. The Labute approximate surface area is 154 Å². The van der Waals surface area contributed by atoms with Gasteiger partial charge in [-0.05, 0) is 44.0 Å². The van der Waals surface area contributed by atoms with E-state index in [0.717, 1.165) is 35.2 Å². The molecule has 3 rings (SSSR count). The van der Waals surface area contributed by atoms with Crippen LogP contribution in [0.4, 0.5) is 23.0 Å². The molecule has 5 heteroatoms. The minimum atomic E-state index is 0.613. The zero-order valence-corrected chi connectivity index (χ0v) is 15.4. The van der Waals surface area contributed by atoms with E-state index in [9.17, 15) is 0 Å². The second kappa shape index (κ2) is 8.34. The van der Waals surface area contributed by atoms with E-state index in [1.54, 1.807) is 0 Å². The molecule has 0 unspecified atom stereocenters. The molecular formula is C21H24N4O. The number of para-hydroxylation sites is 3. The van der Waals surface area contributed by atoms with Crippen LogP contribution in [0.25, 0.3) is 0 Å². The summed E-state index contributed by atoms with van der Waals surface area (Å²) in [5.74, 6) is 2.98. The molecule has 2 aromatic carbocycles. The van der Waals surface area contributed by atoms with Crippen LogP contribution in [0.1, 0.15) is 25.2 Å². The number of anilines is 4. The maximum atomic E-state index is 5.67. The van der Waals surface area contributed by atoms with Gasteiger partial charge in [0.05, 0.1) is 12.3 Å². The van der Waals surface area contributed by atoms with Gasteiger partial charge in [-0.3, -0.25) is 0 Å². The molecule has 0 atom stereocenters. The smallest absolute Gasteiger partial charge is 0.142 e. The van der Waals surface area contributed by atoms with E-state index in [-0.39, 0.29) is 0 Å². The topological polar surface area (TPSA) is 59.1 Å². The molecule has 0 saturated carbocycles. The summed E-state index contributed by atoms with van der Waals surface area (Å²) in [6.07, 6.45) is 0.958. The third-order valence-corrected chi connectivity index (χ3v) is 3.95. The lowest BCUT2D eigenvalue weighted by Gasteiger charge is -2.14. The van der Waals surface area contributed by atoms with Crippen LogP contribution in [0, 0.1) is 6.92 Å². The SMILES string of the molecule is CCOc1ccccc1Nc1cc(Nc2ccccc2CC)nc(C)n1. The first-order valence-electron chi connectivity index (χ1n) is 8.89. The lowest BCUT2D eigenvalue weighted by molar-refractivity contribution is 0.342. The van der Waals surface area contributed by atoms with Crippen LogP contribution in [0.15, 0.2) is 54.6 Å². The number of nitrogens with one attached hydrogen (secondary N) is 2. The van der Waals surface area contributed by atoms with Gasteiger partial charge in [0.15, 0.2) is 0 Å². The van der Waals surface area contributed by atoms with Crippen LogP contribution in [-0.2, 0) is 6.42 Å². The molecule has 0 spiro atoms. The maximum absolute atomic E-state index is 5.67. The summed E-state index contributed by atoms with van der Waals surface area (Å²) in [5.41, 5.74) is 3.20. The lowest BCUT2D eigenvalue weighted by Crippen LogP contribution is -2.04. The van der Waals surface area contributed by atoms with Gasteiger partial charge in [-0.15, -0.1) is 0 Å². The summed E-state index contributed by atoms with van der Waals surface area (Å²) in [6, 6.07) is 18.0. The third-order valence-electron chi connectivity index (χ3n) is 3.95. The number of nitrogens with zero attached hydrogens (tertiary/aromatic N) is 2. The van der Waals surface area contributed by atoms with Gasteiger partial charge in [0.2, 0.25) is 0 Å². The summed E-state index contributed by atoms with van der Waals surface area (Å²) in [4.78, 5) is 9.01. The van der Waals surface area contributed by atoms with Crippen LogP contribution < -0.4 is 15.4 Å². The average molecular weight is 348 g/mol. The van der Waals surface area contributed by atoms with E-state index in [1.165, 1.54) is 5.56 Å². The fourth-order valence-electron chi connectivity index (χ4n) is 2.77. The van der Waals surface area contributed by atoms with Gasteiger partial charge < -0.3 is 15.4 Å². The number of ether oxygens (including phenoxy) is 1. The van der Waals surface area contributed by atoms with E-state index in [0.29, 0.717) is 12.4 Å². The van der Waals surface area contributed by atoms with Crippen LogP contribution in [0.3, 0.4) is 0 Å². The van der Waals surface area contributed by atoms with Crippen molar-refractivity contribution in [3.05, 3.63) is 66.0 Å². The Bertz CT molecular complexity index is 879. The Balaban J connectivity index is 1.86. The number of aryl methyl sites for hydroxylation is 2. The van der Waals surface area contributed by atoms with E-state index in [4.69, 9.17) is 4.74 Å². The first kappa shape index (κ1) is 17.7. The molecule has 0 bridgehead atoms. The van der Waals surface area contributed by atoms with Gasteiger partial charge in [-0.2, -0.15) is 0 Å². The molecule has 1 heterocycles. The lowest BCUT2D eigenvalue weighted by atomic mass is 10.1. The number of benzene rings is 2. The molecule has 0 amide bonds. The second-order valence-corrected chi connectivity index (χ2v) is 5.88. The number of hydrogen-bond acceptors (Lipinski definition) is 5. The zero-order valence-electron chi connectivity index (χ0n) is 15.4. The summed E-state index contributed by atoms with van der Waals surface area (Å²) in [6.45, 7) is 6.61. The molecule has 0 saturated heterocycles.